The van der Waals surface area contributed by atoms with Crippen molar-refractivity contribution in [2.24, 2.45) is 29.1 Å². The zero-order valence-electron chi connectivity index (χ0n) is 19.6. The van der Waals surface area contributed by atoms with Crippen LogP contribution >= 0.6 is 0 Å². The first-order chi connectivity index (χ1) is 13.9. The van der Waals surface area contributed by atoms with E-state index in [1.807, 2.05) is 47.6 Å². The average Bonchev–Trinajstić information content (AvgIpc) is 3.11. The molecule has 3 unspecified atom stereocenters. The SMILES string of the molecule is CCC(=O)[C@H](C)/C=C(\C)C1C2C(C)(c3oc(OC)c(C)c(=O)c3C)[C@@]2(C)C(=O)[C@H]1C. The maximum Gasteiger partial charge on any atom is 0.291 e. The Hall–Kier alpha value is -2.17. The maximum atomic E-state index is 13.4. The minimum absolute atomic E-state index is 0.0107. The standard InChI is InChI=1S/C25H34O5/c1-10-17(26)12(2)11-13(3)18-14(4)21(28)24(7)20(18)25(24,8)22-15(5)19(27)16(6)23(29-9)30-22/h11-12,14,18,20H,10H2,1-9H3/b13-11+/t12-,14+,18?,20?,24-,25?/m1/s1. The molecular weight excluding hydrogens is 380 g/mol. The van der Waals surface area contributed by atoms with E-state index in [2.05, 4.69) is 0 Å². The van der Waals surface area contributed by atoms with E-state index in [0.29, 0.717) is 23.3 Å². The molecule has 5 heteroatoms. The highest BCUT2D eigenvalue weighted by Crippen LogP contribution is 2.79. The van der Waals surface area contributed by atoms with Crippen LogP contribution in [0.5, 0.6) is 5.95 Å². The number of ether oxygens (including phenoxy) is 1. The van der Waals surface area contributed by atoms with Crippen molar-refractivity contribution in [3.63, 3.8) is 0 Å². The molecule has 164 valence electrons. The van der Waals surface area contributed by atoms with Crippen molar-refractivity contribution in [2.75, 3.05) is 7.11 Å². The van der Waals surface area contributed by atoms with Crippen LogP contribution in [0, 0.1) is 42.9 Å². The number of rotatable bonds is 6. The fourth-order valence-corrected chi connectivity index (χ4v) is 6.26. The van der Waals surface area contributed by atoms with Gasteiger partial charge in [-0.25, -0.2) is 0 Å². The number of hydrogen-bond donors (Lipinski definition) is 0. The molecule has 0 N–H and O–H groups in total. The molecule has 2 saturated carbocycles. The number of fused-ring (bicyclic) bond motifs is 1. The van der Waals surface area contributed by atoms with Crippen molar-refractivity contribution >= 4 is 11.6 Å². The summed E-state index contributed by atoms with van der Waals surface area (Å²) >= 11 is 0. The lowest BCUT2D eigenvalue weighted by atomic mass is 9.76. The summed E-state index contributed by atoms with van der Waals surface area (Å²) in [7, 11) is 1.48. The van der Waals surface area contributed by atoms with Crippen molar-refractivity contribution in [3.8, 4) is 5.95 Å². The molecule has 5 nitrogen and oxygen atoms in total. The number of carbonyl (C=O) groups excluding carboxylic acids is 2. The summed E-state index contributed by atoms with van der Waals surface area (Å²) in [6, 6.07) is 0. The maximum absolute atomic E-state index is 13.4. The fraction of sp³-hybridized carbons (Fsp3) is 0.640. The number of ketones is 2. The zero-order valence-corrected chi connectivity index (χ0v) is 19.6. The van der Waals surface area contributed by atoms with Crippen molar-refractivity contribution in [3.05, 3.63) is 38.8 Å². The van der Waals surface area contributed by atoms with Gasteiger partial charge in [0.2, 0.25) is 0 Å². The fourth-order valence-electron chi connectivity index (χ4n) is 6.26. The first-order valence-electron chi connectivity index (χ1n) is 10.8. The lowest BCUT2D eigenvalue weighted by Crippen LogP contribution is -2.32. The van der Waals surface area contributed by atoms with Gasteiger partial charge in [0.1, 0.15) is 17.3 Å². The van der Waals surface area contributed by atoms with Gasteiger partial charge in [0.25, 0.3) is 5.95 Å². The second-order valence-corrected chi connectivity index (χ2v) is 9.58. The highest BCUT2D eigenvalue weighted by atomic mass is 16.6. The molecule has 0 radical (unpaired) electrons. The van der Waals surface area contributed by atoms with Gasteiger partial charge in [-0.05, 0) is 32.6 Å². The van der Waals surface area contributed by atoms with Crippen molar-refractivity contribution in [2.45, 2.75) is 67.2 Å². The third-order valence-electron chi connectivity index (χ3n) is 8.14. The van der Waals surface area contributed by atoms with Crippen molar-refractivity contribution < 1.29 is 18.7 Å². The second-order valence-electron chi connectivity index (χ2n) is 9.58. The Balaban J connectivity index is 2.12. The van der Waals surface area contributed by atoms with Gasteiger partial charge in [-0.2, -0.15) is 0 Å². The molecule has 0 aromatic carbocycles. The molecule has 0 spiro atoms. The monoisotopic (exact) mass is 414 g/mol. The van der Waals surface area contributed by atoms with Gasteiger partial charge in [0.15, 0.2) is 5.43 Å². The van der Waals surface area contributed by atoms with Crippen LogP contribution in [0.1, 0.15) is 64.9 Å². The molecular formula is C25H34O5. The van der Waals surface area contributed by atoms with Crippen LogP contribution in [0.3, 0.4) is 0 Å². The largest absolute Gasteiger partial charge is 0.468 e. The lowest BCUT2D eigenvalue weighted by Gasteiger charge is -2.28. The Labute approximate surface area is 178 Å². The molecule has 0 amide bonds. The Morgan fingerprint density at radius 2 is 1.80 bits per heavy atom. The summed E-state index contributed by atoms with van der Waals surface area (Å²) in [4.78, 5) is 38.4. The summed E-state index contributed by atoms with van der Waals surface area (Å²) in [5, 5.41) is 0. The van der Waals surface area contributed by atoms with Crippen LogP contribution in [-0.2, 0) is 15.0 Å². The molecule has 0 saturated heterocycles. The van der Waals surface area contributed by atoms with E-state index in [9.17, 15) is 14.4 Å². The van der Waals surface area contributed by atoms with E-state index < -0.39 is 10.8 Å². The number of carbonyl (C=O) groups is 2. The van der Waals surface area contributed by atoms with Crippen LogP contribution in [0.25, 0.3) is 0 Å². The summed E-state index contributed by atoms with van der Waals surface area (Å²) in [6.45, 7) is 15.3. The minimum Gasteiger partial charge on any atom is -0.468 e. The van der Waals surface area contributed by atoms with Gasteiger partial charge in [-0.15, -0.1) is 0 Å². The van der Waals surface area contributed by atoms with Crippen LogP contribution < -0.4 is 10.2 Å². The molecule has 2 aliphatic rings. The zero-order chi connectivity index (χ0) is 22.8. The molecule has 30 heavy (non-hydrogen) atoms. The number of Topliss-reactive ketones (excluding diaryl/α,β-unsaturated/α-hetero) is 2. The topological polar surface area (TPSA) is 73.6 Å². The molecule has 1 heterocycles. The van der Waals surface area contributed by atoms with Crippen molar-refractivity contribution in [1.29, 1.82) is 0 Å². The Morgan fingerprint density at radius 1 is 1.20 bits per heavy atom. The van der Waals surface area contributed by atoms with Gasteiger partial charge in [0.05, 0.1) is 12.7 Å². The highest BCUT2D eigenvalue weighted by molar-refractivity contribution is 5.97. The summed E-state index contributed by atoms with van der Waals surface area (Å²) in [5.74, 6) is 0.876. The molecule has 2 fully saturated rings. The number of methoxy groups -OCH3 is 1. The van der Waals surface area contributed by atoms with Gasteiger partial charge in [-0.1, -0.05) is 46.3 Å². The lowest BCUT2D eigenvalue weighted by molar-refractivity contribution is -0.126. The van der Waals surface area contributed by atoms with E-state index >= 15 is 0 Å². The normalized spacial score (nSPS) is 34.0. The van der Waals surface area contributed by atoms with Crippen LogP contribution in [-0.4, -0.2) is 18.7 Å². The molecule has 0 bridgehead atoms. The molecule has 2 aliphatic carbocycles. The Bertz CT molecular complexity index is 1000. The first-order valence-corrected chi connectivity index (χ1v) is 10.8. The molecule has 6 atom stereocenters. The van der Waals surface area contributed by atoms with Gasteiger partial charge < -0.3 is 9.15 Å². The molecule has 3 rings (SSSR count). The average molecular weight is 415 g/mol. The predicted octanol–water partition coefficient (Wildman–Crippen LogP) is 4.56. The summed E-state index contributed by atoms with van der Waals surface area (Å²) in [5.41, 5.74) is 0.763. The van der Waals surface area contributed by atoms with Crippen LogP contribution in [0.15, 0.2) is 20.9 Å². The Morgan fingerprint density at radius 3 is 2.33 bits per heavy atom. The third kappa shape index (κ3) is 2.70. The minimum atomic E-state index is -0.606. The smallest absolute Gasteiger partial charge is 0.291 e. The van der Waals surface area contributed by atoms with E-state index in [1.165, 1.54) is 7.11 Å². The van der Waals surface area contributed by atoms with Crippen LogP contribution in [0.2, 0.25) is 0 Å². The van der Waals surface area contributed by atoms with Crippen molar-refractivity contribution in [1.82, 2.24) is 0 Å². The van der Waals surface area contributed by atoms with E-state index in [4.69, 9.17) is 9.15 Å². The molecule has 1 aromatic rings. The number of allylic oxidation sites excluding steroid dienone is 2. The highest BCUT2D eigenvalue weighted by Gasteiger charge is 2.83. The van der Waals surface area contributed by atoms with Gasteiger partial charge in [-0.3, -0.25) is 14.4 Å². The predicted molar refractivity (Wildman–Crippen MR) is 116 cm³/mol. The molecule has 0 aliphatic heterocycles. The summed E-state index contributed by atoms with van der Waals surface area (Å²) in [6.07, 6.45) is 2.51. The quantitative estimate of drug-likeness (QED) is 0.638. The van der Waals surface area contributed by atoms with E-state index in [0.717, 1.165) is 5.57 Å². The van der Waals surface area contributed by atoms with E-state index in [-0.39, 0.29) is 46.6 Å². The Kier molecular flexibility index (Phi) is 5.41. The van der Waals surface area contributed by atoms with E-state index in [1.54, 1.807) is 13.8 Å². The van der Waals surface area contributed by atoms with Crippen LogP contribution in [0.4, 0.5) is 0 Å². The number of hydrogen-bond acceptors (Lipinski definition) is 5. The van der Waals surface area contributed by atoms with Gasteiger partial charge in [0, 0.05) is 34.7 Å². The summed E-state index contributed by atoms with van der Waals surface area (Å²) < 4.78 is 11.4. The third-order valence-corrected chi connectivity index (χ3v) is 8.14. The van der Waals surface area contributed by atoms with Gasteiger partial charge >= 0.3 is 0 Å². The first kappa shape index (κ1) is 22.5. The molecule has 1 aromatic heterocycles. The second kappa shape index (κ2) is 7.21.